The van der Waals surface area contributed by atoms with Gasteiger partial charge in [0.25, 0.3) is 0 Å². The van der Waals surface area contributed by atoms with Gasteiger partial charge in [-0.05, 0) is 48.9 Å². The Morgan fingerprint density at radius 2 is 1.62 bits per heavy atom. The molecule has 0 N–H and O–H groups in total. The largest absolute Gasteiger partial charge is 0.368 e. The molecule has 134 valence electrons. The number of amides is 1. The van der Waals surface area contributed by atoms with Gasteiger partial charge in [-0.25, -0.2) is 0 Å². The standard InChI is InChI=1S/C21H21BrN2O2/c1-16(25)17-6-9-19(10-7-17)23-12-14-24(15-13-23)21(26)11-8-18-4-2-3-5-20(18)22/h2-11H,12-15H2,1H3/b11-8+. The minimum Gasteiger partial charge on any atom is -0.368 e. The van der Waals surface area contributed by atoms with Gasteiger partial charge in [-0.3, -0.25) is 9.59 Å². The van der Waals surface area contributed by atoms with E-state index in [4.69, 9.17) is 0 Å². The number of carbonyl (C=O) groups excluding carboxylic acids is 2. The fourth-order valence-corrected chi connectivity index (χ4v) is 3.39. The third kappa shape index (κ3) is 4.41. The summed E-state index contributed by atoms with van der Waals surface area (Å²) < 4.78 is 0.975. The molecule has 0 unspecified atom stereocenters. The van der Waals surface area contributed by atoms with Gasteiger partial charge >= 0.3 is 0 Å². The molecule has 0 saturated carbocycles. The number of halogens is 1. The maximum atomic E-state index is 12.4. The van der Waals surface area contributed by atoms with Crippen molar-refractivity contribution >= 4 is 39.4 Å². The van der Waals surface area contributed by atoms with E-state index in [1.807, 2.05) is 59.5 Å². The van der Waals surface area contributed by atoms with Gasteiger partial charge in [0.05, 0.1) is 0 Å². The molecule has 0 spiro atoms. The molecule has 0 bridgehead atoms. The third-order valence-corrected chi connectivity index (χ3v) is 5.26. The van der Waals surface area contributed by atoms with Crippen LogP contribution in [0.2, 0.25) is 0 Å². The van der Waals surface area contributed by atoms with Crippen LogP contribution < -0.4 is 4.90 Å². The van der Waals surface area contributed by atoms with Crippen molar-refractivity contribution in [2.75, 3.05) is 31.1 Å². The van der Waals surface area contributed by atoms with Crippen molar-refractivity contribution in [3.05, 3.63) is 70.2 Å². The Morgan fingerprint density at radius 3 is 2.23 bits per heavy atom. The second-order valence-corrected chi connectivity index (χ2v) is 7.12. The van der Waals surface area contributed by atoms with E-state index in [9.17, 15) is 9.59 Å². The SMILES string of the molecule is CC(=O)c1ccc(N2CCN(C(=O)/C=C/c3ccccc3Br)CC2)cc1. The van der Waals surface area contributed by atoms with Crippen molar-refractivity contribution in [3.63, 3.8) is 0 Å². The zero-order valence-corrected chi connectivity index (χ0v) is 16.3. The number of carbonyl (C=O) groups is 2. The second-order valence-electron chi connectivity index (χ2n) is 6.27. The normalized spacial score (nSPS) is 14.7. The van der Waals surface area contributed by atoms with E-state index in [2.05, 4.69) is 20.8 Å². The number of nitrogens with zero attached hydrogens (tertiary/aromatic N) is 2. The van der Waals surface area contributed by atoms with Crippen LogP contribution in [0.5, 0.6) is 0 Å². The van der Waals surface area contributed by atoms with Crippen LogP contribution in [0.4, 0.5) is 5.69 Å². The fourth-order valence-electron chi connectivity index (χ4n) is 2.97. The first-order valence-electron chi connectivity index (χ1n) is 8.62. The lowest BCUT2D eigenvalue weighted by molar-refractivity contribution is -0.126. The van der Waals surface area contributed by atoms with Crippen LogP contribution in [0.3, 0.4) is 0 Å². The van der Waals surface area contributed by atoms with E-state index in [1.165, 1.54) is 0 Å². The number of piperazine rings is 1. The summed E-state index contributed by atoms with van der Waals surface area (Å²) >= 11 is 3.49. The molecule has 0 radical (unpaired) electrons. The monoisotopic (exact) mass is 412 g/mol. The molecule has 3 rings (SSSR count). The van der Waals surface area contributed by atoms with E-state index in [-0.39, 0.29) is 11.7 Å². The van der Waals surface area contributed by atoms with Gasteiger partial charge < -0.3 is 9.80 Å². The van der Waals surface area contributed by atoms with Crippen LogP contribution in [0, 0.1) is 0 Å². The smallest absolute Gasteiger partial charge is 0.246 e. The maximum absolute atomic E-state index is 12.4. The van der Waals surface area contributed by atoms with Crippen molar-refractivity contribution in [1.82, 2.24) is 4.90 Å². The highest BCUT2D eigenvalue weighted by molar-refractivity contribution is 9.10. The minimum absolute atomic E-state index is 0.0346. The molecule has 0 aromatic heterocycles. The van der Waals surface area contributed by atoms with Crippen molar-refractivity contribution in [3.8, 4) is 0 Å². The fraction of sp³-hybridized carbons (Fsp3) is 0.238. The first-order valence-corrected chi connectivity index (χ1v) is 9.41. The molecule has 1 amide bonds. The molecule has 2 aromatic rings. The van der Waals surface area contributed by atoms with Crippen LogP contribution in [-0.4, -0.2) is 42.8 Å². The Bertz CT molecular complexity index is 822. The predicted molar refractivity (Wildman–Crippen MR) is 108 cm³/mol. The van der Waals surface area contributed by atoms with Crippen molar-refractivity contribution in [1.29, 1.82) is 0 Å². The van der Waals surface area contributed by atoms with Crippen LogP contribution in [0.25, 0.3) is 6.08 Å². The zero-order chi connectivity index (χ0) is 18.5. The average molecular weight is 413 g/mol. The van der Waals surface area contributed by atoms with E-state index < -0.39 is 0 Å². The van der Waals surface area contributed by atoms with Crippen molar-refractivity contribution < 1.29 is 9.59 Å². The summed E-state index contributed by atoms with van der Waals surface area (Å²) in [4.78, 5) is 27.9. The summed E-state index contributed by atoms with van der Waals surface area (Å²) in [7, 11) is 0. The number of ketones is 1. The molecule has 0 aliphatic carbocycles. The molecule has 1 heterocycles. The van der Waals surface area contributed by atoms with Gasteiger partial charge in [0, 0.05) is 48.0 Å². The Labute approximate surface area is 162 Å². The van der Waals surface area contributed by atoms with Crippen molar-refractivity contribution in [2.45, 2.75) is 6.92 Å². The summed E-state index contributed by atoms with van der Waals surface area (Å²) in [6.45, 7) is 4.52. The van der Waals surface area contributed by atoms with E-state index >= 15 is 0 Å². The lowest BCUT2D eigenvalue weighted by atomic mass is 10.1. The molecular formula is C21H21BrN2O2. The van der Waals surface area contributed by atoms with Crippen LogP contribution in [0.1, 0.15) is 22.8 Å². The van der Waals surface area contributed by atoms with Gasteiger partial charge in [-0.1, -0.05) is 34.1 Å². The second kappa shape index (κ2) is 8.32. The number of hydrogen-bond donors (Lipinski definition) is 0. The Balaban J connectivity index is 1.57. The van der Waals surface area contributed by atoms with Crippen LogP contribution in [-0.2, 0) is 4.79 Å². The topological polar surface area (TPSA) is 40.6 Å². The Hall–Kier alpha value is -2.40. The molecule has 1 aliphatic heterocycles. The molecule has 0 atom stereocenters. The lowest BCUT2D eigenvalue weighted by Crippen LogP contribution is -2.48. The highest BCUT2D eigenvalue weighted by Gasteiger charge is 2.20. The molecule has 1 fully saturated rings. The molecule has 5 heteroatoms. The quantitative estimate of drug-likeness (QED) is 0.562. The lowest BCUT2D eigenvalue weighted by Gasteiger charge is -2.35. The first-order chi connectivity index (χ1) is 12.5. The molecule has 1 saturated heterocycles. The first kappa shape index (κ1) is 18.4. The van der Waals surface area contributed by atoms with Gasteiger partial charge in [0.1, 0.15) is 0 Å². The number of rotatable bonds is 4. The zero-order valence-electron chi connectivity index (χ0n) is 14.7. The highest BCUT2D eigenvalue weighted by Crippen LogP contribution is 2.19. The molecular weight excluding hydrogens is 392 g/mol. The van der Waals surface area contributed by atoms with Crippen LogP contribution in [0.15, 0.2) is 59.1 Å². The van der Waals surface area contributed by atoms with E-state index in [0.717, 1.165) is 34.4 Å². The summed E-state index contributed by atoms with van der Waals surface area (Å²) in [5, 5.41) is 0. The molecule has 4 nitrogen and oxygen atoms in total. The van der Waals surface area contributed by atoms with Gasteiger partial charge in [0.15, 0.2) is 5.78 Å². The van der Waals surface area contributed by atoms with Gasteiger partial charge in [-0.2, -0.15) is 0 Å². The number of anilines is 1. The predicted octanol–water partition coefficient (Wildman–Crippen LogP) is 4.01. The average Bonchev–Trinajstić information content (AvgIpc) is 2.67. The number of hydrogen-bond acceptors (Lipinski definition) is 3. The molecule has 2 aromatic carbocycles. The Kier molecular flexibility index (Phi) is 5.89. The number of benzene rings is 2. The molecule has 26 heavy (non-hydrogen) atoms. The Morgan fingerprint density at radius 1 is 0.962 bits per heavy atom. The highest BCUT2D eigenvalue weighted by atomic mass is 79.9. The van der Waals surface area contributed by atoms with E-state index in [0.29, 0.717) is 13.1 Å². The van der Waals surface area contributed by atoms with Crippen LogP contribution >= 0.6 is 15.9 Å². The molecule has 1 aliphatic rings. The maximum Gasteiger partial charge on any atom is 0.246 e. The van der Waals surface area contributed by atoms with Crippen molar-refractivity contribution in [2.24, 2.45) is 0 Å². The third-order valence-electron chi connectivity index (χ3n) is 4.54. The van der Waals surface area contributed by atoms with Gasteiger partial charge in [-0.15, -0.1) is 0 Å². The summed E-state index contributed by atoms with van der Waals surface area (Å²) in [5.74, 6) is 0.108. The summed E-state index contributed by atoms with van der Waals surface area (Å²) in [6, 6.07) is 15.5. The number of Topliss-reactive ketones (excluding diaryl/α,β-unsaturated/α-hetero) is 1. The minimum atomic E-state index is 0.0346. The van der Waals surface area contributed by atoms with Gasteiger partial charge in [0.2, 0.25) is 5.91 Å². The summed E-state index contributed by atoms with van der Waals surface area (Å²) in [5.41, 5.74) is 2.80. The summed E-state index contributed by atoms with van der Waals surface area (Å²) in [6.07, 6.45) is 3.48. The van der Waals surface area contributed by atoms with E-state index in [1.54, 1.807) is 13.0 Å².